The van der Waals surface area contributed by atoms with Gasteiger partial charge < -0.3 is 15.6 Å². The summed E-state index contributed by atoms with van der Waals surface area (Å²) in [4.78, 5) is 0. The number of nitrogens with two attached hydrogens (primary N) is 1. The highest BCUT2D eigenvalue weighted by molar-refractivity contribution is 5.80. The number of hydrogen-bond donors (Lipinski definition) is 3. The molecule has 0 fully saturated rings. The summed E-state index contributed by atoms with van der Waals surface area (Å²) in [6.45, 7) is 0. The van der Waals surface area contributed by atoms with Crippen LogP contribution in [0.3, 0.4) is 0 Å². The third-order valence-corrected chi connectivity index (χ3v) is 1.26. The van der Waals surface area contributed by atoms with Crippen molar-refractivity contribution >= 4 is 5.84 Å². The van der Waals surface area contributed by atoms with Crippen LogP contribution in [0.2, 0.25) is 0 Å². The van der Waals surface area contributed by atoms with E-state index in [0.29, 0.717) is 5.75 Å². The quantitative estimate of drug-likeness (QED) is 0.343. The van der Waals surface area contributed by atoms with E-state index < -0.39 is 12.1 Å². The number of aliphatic hydroxyl groups excluding tert-OH is 1. The highest BCUT2D eigenvalue weighted by Gasteiger charge is 2.07. The zero-order valence-electron chi connectivity index (χ0n) is 6.40. The minimum Gasteiger partial charge on any atom is -0.457 e. The molecule has 1 aromatic carbocycles. The minimum absolute atomic E-state index is 0.404. The number of ether oxygens (including phenoxy) is 1. The Balaban J connectivity index is 2.58. The van der Waals surface area contributed by atoms with Crippen LogP contribution in [-0.4, -0.2) is 17.2 Å². The van der Waals surface area contributed by atoms with E-state index in [1.165, 1.54) is 0 Å². The molecule has 0 saturated heterocycles. The molecule has 0 saturated carbocycles. The van der Waals surface area contributed by atoms with Crippen LogP contribution < -0.4 is 10.5 Å². The van der Waals surface area contributed by atoms with E-state index in [2.05, 4.69) is 0 Å². The van der Waals surface area contributed by atoms with Gasteiger partial charge in [0.2, 0.25) is 0 Å². The number of aliphatic hydroxyl groups is 1. The Labute approximate surface area is 70.1 Å². The van der Waals surface area contributed by atoms with E-state index in [1.54, 1.807) is 24.3 Å². The average molecular weight is 166 g/mol. The fraction of sp³-hybridized carbons (Fsp3) is 0.125. The lowest BCUT2D eigenvalue weighted by atomic mass is 10.3. The third-order valence-electron chi connectivity index (χ3n) is 1.26. The van der Waals surface area contributed by atoms with E-state index >= 15 is 0 Å². The van der Waals surface area contributed by atoms with Crippen molar-refractivity contribution in [3.8, 4) is 5.75 Å². The number of hydrogen-bond acceptors (Lipinski definition) is 3. The van der Waals surface area contributed by atoms with Gasteiger partial charge in [0.25, 0.3) is 6.29 Å². The maximum absolute atomic E-state index is 9.01. The summed E-state index contributed by atoms with van der Waals surface area (Å²) in [5.74, 6) is 0.0825. The van der Waals surface area contributed by atoms with Crippen LogP contribution in [0, 0.1) is 5.41 Å². The number of amidine groups is 1. The zero-order chi connectivity index (χ0) is 8.97. The highest BCUT2D eigenvalue weighted by atomic mass is 16.6. The van der Waals surface area contributed by atoms with Crippen molar-refractivity contribution in [2.45, 2.75) is 6.29 Å². The second-order valence-corrected chi connectivity index (χ2v) is 2.24. The lowest BCUT2D eigenvalue weighted by Gasteiger charge is -2.10. The first-order chi connectivity index (χ1) is 5.70. The van der Waals surface area contributed by atoms with Gasteiger partial charge >= 0.3 is 0 Å². The molecule has 0 spiro atoms. The van der Waals surface area contributed by atoms with E-state index in [0.717, 1.165) is 0 Å². The zero-order valence-corrected chi connectivity index (χ0v) is 6.40. The number of benzene rings is 1. The Morgan fingerprint density at radius 2 is 2.00 bits per heavy atom. The summed E-state index contributed by atoms with van der Waals surface area (Å²) in [6, 6.07) is 8.70. The molecular weight excluding hydrogens is 156 g/mol. The van der Waals surface area contributed by atoms with Crippen LogP contribution >= 0.6 is 0 Å². The second-order valence-electron chi connectivity index (χ2n) is 2.24. The summed E-state index contributed by atoms with van der Waals surface area (Å²) in [5.41, 5.74) is 4.99. The first-order valence-electron chi connectivity index (χ1n) is 3.44. The summed E-state index contributed by atoms with van der Waals surface area (Å²) in [5, 5.41) is 15.9. The number of rotatable bonds is 3. The van der Waals surface area contributed by atoms with Crippen molar-refractivity contribution in [1.82, 2.24) is 0 Å². The van der Waals surface area contributed by atoms with Gasteiger partial charge in [-0.2, -0.15) is 0 Å². The van der Waals surface area contributed by atoms with Crippen molar-refractivity contribution < 1.29 is 9.84 Å². The molecular formula is C8H10N2O2. The number of para-hydroxylation sites is 1. The van der Waals surface area contributed by atoms with E-state index in [-0.39, 0.29) is 0 Å². The minimum atomic E-state index is -1.35. The van der Waals surface area contributed by atoms with Gasteiger partial charge in [-0.05, 0) is 12.1 Å². The van der Waals surface area contributed by atoms with Gasteiger partial charge in [-0.1, -0.05) is 18.2 Å². The first-order valence-corrected chi connectivity index (χ1v) is 3.44. The molecule has 0 aliphatic carbocycles. The molecule has 1 rings (SSSR count). The molecule has 12 heavy (non-hydrogen) atoms. The van der Waals surface area contributed by atoms with Crippen LogP contribution in [0.25, 0.3) is 0 Å². The lowest BCUT2D eigenvalue weighted by Crippen LogP contribution is -2.32. The highest BCUT2D eigenvalue weighted by Crippen LogP contribution is 2.09. The Bertz CT molecular complexity index is 261. The molecule has 1 atom stereocenters. The number of nitrogens with one attached hydrogen (secondary N) is 1. The van der Waals surface area contributed by atoms with Gasteiger partial charge in [0.15, 0.2) is 5.84 Å². The molecule has 0 aliphatic rings. The van der Waals surface area contributed by atoms with Crippen LogP contribution in [-0.2, 0) is 0 Å². The van der Waals surface area contributed by atoms with Gasteiger partial charge in [-0.25, -0.2) is 0 Å². The molecule has 4 nitrogen and oxygen atoms in total. The maximum atomic E-state index is 9.01. The molecule has 0 radical (unpaired) electrons. The second kappa shape index (κ2) is 3.73. The molecule has 0 bridgehead atoms. The summed E-state index contributed by atoms with van der Waals surface area (Å²) < 4.78 is 4.88. The smallest absolute Gasteiger partial charge is 0.255 e. The fourth-order valence-corrected chi connectivity index (χ4v) is 0.691. The van der Waals surface area contributed by atoms with Crippen molar-refractivity contribution in [2.75, 3.05) is 0 Å². The largest absolute Gasteiger partial charge is 0.457 e. The normalized spacial score (nSPS) is 12.1. The summed E-state index contributed by atoms with van der Waals surface area (Å²) >= 11 is 0. The molecule has 1 unspecified atom stereocenters. The van der Waals surface area contributed by atoms with Crippen molar-refractivity contribution in [1.29, 1.82) is 5.41 Å². The predicted molar refractivity (Wildman–Crippen MR) is 45.0 cm³/mol. The van der Waals surface area contributed by atoms with Gasteiger partial charge in [0.1, 0.15) is 5.75 Å². The molecule has 0 amide bonds. The van der Waals surface area contributed by atoms with Gasteiger partial charge in [-0.15, -0.1) is 0 Å². The van der Waals surface area contributed by atoms with Crippen molar-refractivity contribution in [2.24, 2.45) is 5.73 Å². The topological polar surface area (TPSA) is 79.3 Å². The fourth-order valence-electron chi connectivity index (χ4n) is 0.691. The molecule has 0 aromatic heterocycles. The third kappa shape index (κ3) is 2.25. The van der Waals surface area contributed by atoms with Crippen LogP contribution in [0.1, 0.15) is 0 Å². The predicted octanol–water partition coefficient (Wildman–Crippen LogP) is 0.320. The van der Waals surface area contributed by atoms with Gasteiger partial charge in [0, 0.05) is 0 Å². The van der Waals surface area contributed by atoms with E-state index in [4.69, 9.17) is 21.0 Å². The van der Waals surface area contributed by atoms with Crippen LogP contribution in [0.4, 0.5) is 0 Å². The molecule has 1 aromatic rings. The maximum Gasteiger partial charge on any atom is 0.255 e. The average Bonchev–Trinajstić information content (AvgIpc) is 2.06. The van der Waals surface area contributed by atoms with Crippen LogP contribution in [0.5, 0.6) is 5.75 Å². The Morgan fingerprint density at radius 1 is 1.42 bits per heavy atom. The van der Waals surface area contributed by atoms with E-state index in [9.17, 15) is 0 Å². The van der Waals surface area contributed by atoms with Gasteiger partial charge in [-0.3, -0.25) is 5.41 Å². The molecule has 64 valence electrons. The molecule has 0 aliphatic heterocycles. The van der Waals surface area contributed by atoms with Gasteiger partial charge in [0.05, 0.1) is 0 Å². The van der Waals surface area contributed by atoms with Crippen molar-refractivity contribution in [3.05, 3.63) is 30.3 Å². The molecule has 4 N–H and O–H groups in total. The van der Waals surface area contributed by atoms with Crippen LogP contribution in [0.15, 0.2) is 30.3 Å². The Hall–Kier alpha value is -1.55. The Kier molecular flexibility index (Phi) is 2.66. The lowest BCUT2D eigenvalue weighted by molar-refractivity contribution is 0.0401. The Morgan fingerprint density at radius 3 is 2.50 bits per heavy atom. The molecule has 4 heteroatoms. The standard InChI is InChI=1S/C8H10N2O2/c9-7(10)8(11)12-6-4-2-1-3-5-6/h1-5,8,11H,(H3,9,10). The van der Waals surface area contributed by atoms with E-state index in [1.807, 2.05) is 6.07 Å². The summed E-state index contributed by atoms with van der Waals surface area (Å²) in [7, 11) is 0. The van der Waals surface area contributed by atoms with Crippen molar-refractivity contribution in [3.63, 3.8) is 0 Å². The first kappa shape index (κ1) is 8.55. The SMILES string of the molecule is N=C(N)C(O)Oc1ccccc1. The monoisotopic (exact) mass is 166 g/mol. The molecule has 0 heterocycles. The summed E-state index contributed by atoms with van der Waals surface area (Å²) in [6.07, 6.45) is -1.35.